The fourth-order valence-electron chi connectivity index (χ4n) is 3.50. The van der Waals surface area contributed by atoms with Gasteiger partial charge in [0.05, 0.1) is 50.7 Å². The first-order valence-electron chi connectivity index (χ1n) is 8.07. The van der Waals surface area contributed by atoms with Crippen LogP contribution in [0.4, 0.5) is 0 Å². The molecule has 132 valence electrons. The summed E-state index contributed by atoms with van der Waals surface area (Å²) in [5, 5.41) is 4.65. The summed E-state index contributed by atoms with van der Waals surface area (Å²) in [6.45, 7) is 5.91. The molecule has 0 amide bonds. The predicted octanol–water partition coefficient (Wildman–Crippen LogP) is 2.48. The van der Waals surface area contributed by atoms with Crippen molar-refractivity contribution in [2.75, 3.05) is 11.5 Å². The summed E-state index contributed by atoms with van der Waals surface area (Å²) >= 11 is 1.56. The second kappa shape index (κ2) is 5.77. The molecule has 25 heavy (non-hydrogen) atoms. The molecule has 0 spiro atoms. The zero-order valence-corrected chi connectivity index (χ0v) is 15.9. The summed E-state index contributed by atoms with van der Waals surface area (Å²) in [6.07, 6.45) is 4.31. The number of sulfone groups is 1. The van der Waals surface area contributed by atoms with Gasteiger partial charge in [-0.1, -0.05) is 0 Å². The summed E-state index contributed by atoms with van der Waals surface area (Å²) in [5.74, 6) is 1.24. The second-order valence-corrected chi connectivity index (χ2v) is 9.49. The molecule has 7 nitrogen and oxygen atoms in total. The molecule has 3 aromatic rings. The van der Waals surface area contributed by atoms with E-state index >= 15 is 0 Å². The van der Waals surface area contributed by atoms with Crippen molar-refractivity contribution in [3.8, 4) is 16.4 Å². The van der Waals surface area contributed by atoms with Gasteiger partial charge in [-0.25, -0.2) is 18.4 Å². The Kier molecular flexibility index (Phi) is 3.80. The number of imidazole rings is 1. The van der Waals surface area contributed by atoms with Crippen molar-refractivity contribution in [3.63, 3.8) is 0 Å². The van der Waals surface area contributed by atoms with E-state index in [4.69, 9.17) is 0 Å². The second-order valence-electron chi connectivity index (χ2n) is 6.41. The lowest BCUT2D eigenvalue weighted by molar-refractivity contribution is 0.486. The van der Waals surface area contributed by atoms with E-state index < -0.39 is 9.84 Å². The number of nitrogens with zero attached hydrogens (tertiary/aromatic N) is 5. The molecule has 1 fully saturated rings. The van der Waals surface area contributed by atoms with Gasteiger partial charge in [-0.15, -0.1) is 11.3 Å². The van der Waals surface area contributed by atoms with Crippen LogP contribution in [-0.4, -0.2) is 44.2 Å². The number of thiazole rings is 1. The SMILES string of the molecule is Cc1ncsc1-c1nccn1-c1c(C)nn(C2CCS(=O)(=O)C2)c1C. The number of hydrogen-bond donors (Lipinski definition) is 0. The van der Waals surface area contributed by atoms with Gasteiger partial charge in [-0.3, -0.25) is 9.25 Å². The Morgan fingerprint density at radius 1 is 1.20 bits per heavy atom. The summed E-state index contributed by atoms with van der Waals surface area (Å²) in [5.41, 5.74) is 5.55. The van der Waals surface area contributed by atoms with Crippen LogP contribution in [0.3, 0.4) is 0 Å². The Morgan fingerprint density at radius 3 is 2.64 bits per heavy atom. The maximum absolute atomic E-state index is 11.8. The van der Waals surface area contributed by atoms with E-state index in [0.717, 1.165) is 33.5 Å². The van der Waals surface area contributed by atoms with Crippen molar-refractivity contribution in [2.45, 2.75) is 33.2 Å². The lowest BCUT2D eigenvalue weighted by atomic mass is 10.2. The smallest absolute Gasteiger partial charge is 0.156 e. The highest BCUT2D eigenvalue weighted by molar-refractivity contribution is 7.91. The molecule has 1 saturated heterocycles. The van der Waals surface area contributed by atoms with Crippen LogP contribution in [0, 0.1) is 20.8 Å². The molecule has 4 heterocycles. The molecule has 1 aliphatic heterocycles. The van der Waals surface area contributed by atoms with Crippen LogP contribution >= 0.6 is 11.3 Å². The highest BCUT2D eigenvalue weighted by Gasteiger charge is 2.32. The molecule has 0 N–H and O–H groups in total. The molecular weight excluding hydrogens is 358 g/mol. The van der Waals surface area contributed by atoms with Crippen molar-refractivity contribution in [1.82, 2.24) is 24.3 Å². The van der Waals surface area contributed by atoms with Gasteiger partial charge in [-0.2, -0.15) is 5.10 Å². The van der Waals surface area contributed by atoms with E-state index in [-0.39, 0.29) is 17.5 Å². The van der Waals surface area contributed by atoms with Crippen LogP contribution in [-0.2, 0) is 9.84 Å². The first-order chi connectivity index (χ1) is 11.9. The normalized spacial score (nSPS) is 19.6. The number of hydrogen-bond acceptors (Lipinski definition) is 6. The van der Waals surface area contributed by atoms with Crippen molar-refractivity contribution >= 4 is 21.2 Å². The van der Waals surface area contributed by atoms with Gasteiger partial charge in [-0.05, 0) is 27.2 Å². The van der Waals surface area contributed by atoms with Crippen LogP contribution in [0.25, 0.3) is 16.4 Å². The molecule has 0 aliphatic carbocycles. The lowest BCUT2D eigenvalue weighted by Crippen LogP contribution is -2.14. The average molecular weight is 377 g/mol. The number of rotatable bonds is 3. The number of aryl methyl sites for hydroxylation is 2. The molecule has 3 aromatic heterocycles. The Hall–Kier alpha value is -2.00. The molecule has 0 bridgehead atoms. The maximum atomic E-state index is 11.8. The van der Waals surface area contributed by atoms with Gasteiger partial charge in [0.1, 0.15) is 0 Å². The van der Waals surface area contributed by atoms with Crippen LogP contribution in [0.15, 0.2) is 17.9 Å². The topological polar surface area (TPSA) is 82.7 Å². The zero-order chi connectivity index (χ0) is 17.8. The summed E-state index contributed by atoms with van der Waals surface area (Å²) in [7, 11) is -2.95. The van der Waals surface area contributed by atoms with Crippen LogP contribution in [0.5, 0.6) is 0 Å². The summed E-state index contributed by atoms with van der Waals surface area (Å²) in [6, 6.07) is -0.0884. The molecule has 1 atom stereocenters. The average Bonchev–Trinajstić information content (AvgIpc) is 3.28. The fourth-order valence-corrected chi connectivity index (χ4v) is 5.98. The highest BCUT2D eigenvalue weighted by Crippen LogP contribution is 2.32. The molecule has 1 aliphatic rings. The molecule has 0 saturated carbocycles. The van der Waals surface area contributed by atoms with Crippen molar-refractivity contribution in [3.05, 3.63) is 35.0 Å². The van der Waals surface area contributed by atoms with Gasteiger partial charge >= 0.3 is 0 Å². The molecular formula is C16H19N5O2S2. The predicted molar refractivity (Wildman–Crippen MR) is 97.0 cm³/mol. The van der Waals surface area contributed by atoms with Crippen LogP contribution in [0.2, 0.25) is 0 Å². The van der Waals surface area contributed by atoms with Gasteiger partial charge in [0.25, 0.3) is 0 Å². The van der Waals surface area contributed by atoms with Crippen molar-refractivity contribution < 1.29 is 8.42 Å². The summed E-state index contributed by atoms with van der Waals surface area (Å²) in [4.78, 5) is 9.85. The molecule has 4 rings (SSSR count). The molecule has 1 unspecified atom stereocenters. The third kappa shape index (κ3) is 2.71. The third-order valence-corrected chi connectivity index (χ3v) is 7.35. The fraction of sp³-hybridized carbons (Fsp3) is 0.438. The van der Waals surface area contributed by atoms with E-state index in [9.17, 15) is 8.42 Å². The minimum absolute atomic E-state index is 0.0884. The van der Waals surface area contributed by atoms with Gasteiger partial charge in [0.15, 0.2) is 15.7 Å². The Labute approximate surface area is 150 Å². The first-order valence-corrected chi connectivity index (χ1v) is 10.8. The minimum atomic E-state index is -2.95. The van der Waals surface area contributed by atoms with Gasteiger partial charge < -0.3 is 0 Å². The molecule has 0 radical (unpaired) electrons. The summed E-state index contributed by atoms with van der Waals surface area (Å²) < 4.78 is 27.6. The van der Waals surface area contributed by atoms with Crippen LogP contribution < -0.4 is 0 Å². The van der Waals surface area contributed by atoms with E-state index in [2.05, 4.69) is 15.1 Å². The quantitative estimate of drug-likeness (QED) is 0.700. The standard InChI is InChI=1S/C16H19N5O2S2/c1-10-14(12(3)21(19-10)13-4-7-25(22,23)8-13)20-6-5-17-16(20)15-11(2)18-9-24-15/h5-6,9,13H,4,7-8H2,1-3H3. The first kappa shape index (κ1) is 16.5. The highest BCUT2D eigenvalue weighted by atomic mass is 32.2. The monoisotopic (exact) mass is 377 g/mol. The Balaban J connectivity index is 1.81. The van der Waals surface area contributed by atoms with Crippen molar-refractivity contribution in [1.29, 1.82) is 0 Å². The zero-order valence-electron chi connectivity index (χ0n) is 14.3. The van der Waals surface area contributed by atoms with E-state index in [0.29, 0.717) is 6.42 Å². The van der Waals surface area contributed by atoms with E-state index in [1.165, 1.54) is 0 Å². The van der Waals surface area contributed by atoms with Crippen molar-refractivity contribution in [2.24, 2.45) is 0 Å². The minimum Gasteiger partial charge on any atom is -0.295 e. The maximum Gasteiger partial charge on any atom is 0.156 e. The molecule has 0 aromatic carbocycles. The van der Waals surface area contributed by atoms with Gasteiger partial charge in [0, 0.05) is 12.4 Å². The van der Waals surface area contributed by atoms with Gasteiger partial charge in [0.2, 0.25) is 0 Å². The largest absolute Gasteiger partial charge is 0.295 e. The number of aromatic nitrogens is 5. The van der Waals surface area contributed by atoms with Crippen LogP contribution in [0.1, 0.15) is 29.5 Å². The molecule has 9 heteroatoms. The van der Waals surface area contributed by atoms with E-state index in [1.807, 2.05) is 41.7 Å². The third-order valence-electron chi connectivity index (χ3n) is 4.67. The van der Waals surface area contributed by atoms with E-state index in [1.54, 1.807) is 17.5 Å². The lowest BCUT2D eigenvalue weighted by Gasteiger charge is -2.12. The Morgan fingerprint density at radius 2 is 2.00 bits per heavy atom. The Bertz CT molecular complexity index is 1040.